The van der Waals surface area contributed by atoms with Crippen molar-refractivity contribution >= 4 is 10.9 Å². The number of hydrogen-bond acceptors (Lipinski definition) is 3. The summed E-state index contributed by atoms with van der Waals surface area (Å²) in [5, 5.41) is 8.68. The van der Waals surface area contributed by atoms with E-state index < -0.39 is 0 Å². The maximum absolute atomic E-state index is 7.57. The number of ether oxygens (including phenoxy) is 1. The molecule has 0 aliphatic heterocycles. The summed E-state index contributed by atoms with van der Waals surface area (Å²) in [5.74, 6) is 6.08. The van der Waals surface area contributed by atoms with Gasteiger partial charge in [0.05, 0.1) is 11.1 Å². The van der Waals surface area contributed by atoms with Crippen molar-refractivity contribution in [3.63, 3.8) is 0 Å². The number of fused-ring (bicyclic) bond motifs is 1. The molecule has 1 N–H and O–H groups in total. The maximum atomic E-state index is 7.57. The molecule has 0 amide bonds. The first-order chi connectivity index (χ1) is 9.96. The van der Waals surface area contributed by atoms with Gasteiger partial charge in [-0.1, -0.05) is 30.0 Å². The van der Waals surface area contributed by atoms with Crippen LogP contribution in [0.25, 0.3) is 10.9 Å². The molecule has 0 saturated carbocycles. The molecule has 0 saturated heterocycles. The van der Waals surface area contributed by atoms with Gasteiger partial charge in [0.2, 0.25) is 0 Å². The molecule has 1 aromatic carbocycles. The first kappa shape index (κ1) is 17.2. The van der Waals surface area contributed by atoms with Crippen LogP contribution >= 0.6 is 0 Å². The minimum Gasteiger partial charge on any atom is -0.397 e. The topological polar surface area (TPSA) is 42.4 Å². The van der Waals surface area contributed by atoms with Gasteiger partial charge in [-0.25, -0.2) is 0 Å². The SMILES string of the molecule is CC(C)(C)OCC#Cc1cnc2ccccc2c1.CCO. The van der Waals surface area contributed by atoms with Crippen LogP contribution in [0, 0.1) is 11.8 Å². The number of para-hydroxylation sites is 1. The van der Waals surface area contributed by atoms with Crippen LogP contribution in [0.5, 0.6) is 0 Å². The van der Waals surface area contributed by atoms with E-state index in [0.29, 0.717) is 6.61 Å². The molecule has 0 spiro atoms. The number of aliphatic hydroxyl groups is 1. The van der Waals surface area contributed by atoms with Crippen LogP contribution in [0.4, 0.5) is 0 Å². The van der Waals surface area contributed by atoms with Crippen molar-refractivity contribution in [2.45, 2.75) is 33.3 Å². The number of nitrogens with zero attached hydrogens (tertiary/aromatic N) is 1. The van der Waals surface area contributed by atoms with Gasteiger partial charge in [-0.3, -0.25) is 4.98 Å². The van der Waals surface area contributed by atoms with Crippen molar-refractivity contribution in [2.75, 3.05) is 13.2 Å². The number of aliphatic hydroxyl groups excluding tert-OH is 1. The Morgan fingerprint density at radius 2 is 1.90 bits per heavy atom. The van der Waals surface area contributed by atoms with Crippen molar-refractivity contribution in [3.8, 4) is 11.8 Å². The Morgan fingerprint density at radius 3 is 2.57 bits per heavy atom. The molecule has 0 unspecified atom stereocenters. The zero-order valence-corrected chi connectivity index (χ0v) is 13.2. The standard InChI is InChI=1S/C16H17NO.C2H6O/c1-16(2,3)18-10-6-7-13-11-14-8-4-5-9-15(14)17-12-13;1-2-3/h4-5,8-9,11-12H,10H2,1-3H3;3H,2H2,1H3. The summed E-state index contributed by atoms with van der Waals surface area (Å²) in [6.07, 6.45) is 1.80. The molecule has 112 valence electrons. The third-order valence-electron chi connectivity index (χ3n) is 2.40. The summed E-state index contributed by atoms with van der Waals surface area (Å²) >= 11 is 0. The second-order valence-corrected chi connectivity index (χ2v) is 5.44. The Balaban J connectivity index is 0.000000677. The molecule has 0 radical (unpaired) electrons. The van der Waals surface area contributed by atoms with Gasteiger partial charge < -0.3 is 9.84 Å². The molecule has 0 atom stereocenters. The van der Waals surface area contributed by atoms with E-state index in [1.165, 1.54) is 0 Å². The lowest BCUT2D eigenvalue weighted by Crippen LogP contribution is -2.19. The minimum absolute atomic E-state index is 0.143. The van der Waals surface area contributed by atoms with E-state index in [9.17, 15) is 0 Å². The van der Waals surface area contributed by atoms with E-state index in [1.807, 2.05) is 51.1 Å². The molecule has 1 aromatic heterocycles. The van der Waals surface area contributed by atoms with Gasteiger partial charge >= 0.3 is 0 Å². The molecule has 2 aromatic rings. The lowest BCUT2D eigenvalue weighted by Gasteiger charge is -2.16. The van der Waals surface area contributed by atoms with Crippen LogP contribution in [-0.2, 0) is 4.74 Å². The molecule has 1 heterocycles. The first-order valence-corrected chi connectivity index (χ1v) is 7.04. The summed E-state index contributed by atoms with van der Waals surface area (Å²) in [5.41, 5.74) is 1.77. The average Bonchev–Trinajstić information content (AvgIpc) is 2.43. The first-order valence-electron chi connectivity index (χ1n) is 7.04. The Hall–Kier alpha value is -1.89. The molecule has 3 nitrogen and oxygen atoms in total. The van der Waals surface area contributed by atoms with E-state index in [2.05, 4.69) is 16.8 Å². The van der Waals surface area contributed by atoms with Gasteiger partial charge in [-0.05, 0) is 39.8 Å². The third kappa shape index (κ3) is 6.89. The number of pyridine rings is 1. The van der Waals surface area contributed by atoms with Crippen molar-refractivity contribution in [1.82, 2.24) is 4.98 Å². The van der Waals surface area contributed by atoms with Crippen LogP contribution in [0.2, 0.25) is 0 Å². The average molecular weight is 285 g/mol. The van der Waals surface area contributed by atoms with Gasteiger partial charge in [0.25, 0.3) is 0 Å². The molecular weight excluding hydrogens is 262 g/mol. The Bertz CT molecular complexity index is 618. The highest BCUT2D eigenvalue weighted by Gasteiger charge is 2.07. The van der Waals surface area contributed by atoms with Crippen molar-refractivity contribution < 1.29 is 9.84 Å². The van der Waals surface area contributed by atoms with Crippen molar-refractivity contribution in [3.05, 3.63) is 42.1 Å². The van der Waals surface area contributed by atoms with Crippen molar-refractivity contribution in [2.24, 2.45) is 0 Å². The smallest absolute Gasteiger partial charge is 0.108 e. The summed E-state index contributed by atoms with van der Waals surface area (Å²) in [4.78, 5) is 4.37. The monoisotopic (exact) mass is 285 g/mol. The fourth-order valence-electron chi connectivity index (χ4n) is 1.53. The lowest BCUT2D eigenvalue weighted by molar-refractivity contribution is 0.0181. The number of hydrogen-bond donors (Lipinski definition) is 1. The van der Waals surface area contributed by atoms with E-state index in [0.717, 1.165) is 16.5 Å². The van der Waals surface area contributed by atoms with E-state index in [-0.39, 0.29) is 12.2 Å². The predicted molar refractivity (Wildman–Crippen MR) is 87.1 cm³/mol. The molecule has 21 heavy (non-hydrogen) atoms. The van der Waals surface area contributed by atoms with Crippen LogP contribution in [0.15, 0.2) is 36.5 Å². The highest BCUT2D eigenvalue weighted by molar-refractivity contribution is 5.79. The summed E-state index contributed by atoms with van der Waals surface area (Å²) in [6, 6.07) is 10.1. The van der Waals surface area contributed by atoms with Crippen LogP contribution < -0.4 is 0 Å². The van der Waals surface area contributed by atoms with Crippen LogP contribution in [0.1, 0.15) is 33.3 Å². The van der Waals surface area contributed by atoms with Gasteiger partial charge in [0.1, 0.15) is 6.61 Å². The Kier molecular flexibility index (Phi) is 6.87. The van der Waals surface area contributed by atoms with Crippen LogP contribution in [-0.4, -0.2) is 28.9 Å². The molecule has 3 heteroatoms. The summed E-state index contributed by atoms with van der Waals surface area (Å²) < 4.78 is 5.54. The van der Waals surface area contributed by atoms with Gasteiger partial charge in [-0.15, -0.1) is 0 Å². The fraction of sp³-hybridized carbons (Fsp3) is 0.389. The van der Waals surface area contributed by atoms with E-state index >= 15 is 0 Å². The van der Waals surface area contributed by atoms with Gasteiger partial charge in [0.15, 0.2) is 0 Å². The zero-order valence-electron chi connectivity index (χ0n) is 13.2. The lowest BCUT2D eigenvalue weighted by atomic mass is 10.1. The highest BCUT2D eigenvalue weighted by Crippen LogP contribution is 2.11. The second kappa shape index (κ2) is 8.41. The van der Waals surface area contributed by atoms with Crippen molar-refractivity contribution in [1.29, 1.82) is 0 Å². The molecule has 0 aliphatic carbocycles. The van der Waals surface area contributed by atoms with E-state index in [4.69, 9.17) is 9.84 Å². The maximum Gasteiger partial charge on any atom is 0.108 e. The normalized spacial score (nSPS) is 10.3. The van der Waals surface area contributed by atoms with Crippen LogP contribution in [0.3, 0.4) is 0 Å². The molecule has 0 aliphatic rings. The summed E-state index contributed by atoms with van der Waals surface area (Å²) in [6.45, 7) is 8.43. The number of rotatable bonds is 1. The molecule has 2 rings (SSSR count). The number of benzene rings is 1. The zero-order chi connectivity index (χ0) is 15.7. The highest BCUT2D eigenvalue weighted by atomic mass is 16.5. The number of aromatic nitrogens is 1. The van der Waals surface area contributed by atoms with E-state index in [1.54, 1.807) is 13.1 Å². The molecule has 0 bridgehead atoms. The quantitative estimate of drug-likeness (QED) is 0.817. The predicted octanol–water partition coefficient (Wildman–Crippen LogP) is 3.40. The van der Waals surface area contributed by atoms with Gasteiger partial charge in [-0.2, -0.15) is 0 Å². The largest absolute Gasteiger partial charge is 0.397 e. The minimum atomic E-state index is -0.143. The second-order valence-electron chi connectivity index (χ2n) is 5.44. The van der Waals surface area contributed by atoms with Gasteiger partial charge in [0, 0.05) is 23.8 Å². The molecular formula is C18H23NO2. The Morgan fingerprint density at radius 1 is 1.24 bits per heavy atom. The third-order valence-corrected chi connectivity index (χ3v) is 2.40. The Labute approximate surface area is 127 Å². The summed E-state index contributed by atoms with van der Waals surface area (Å²) in [7, 11) is 0. The fourth-order valence-corrected chi connectivity index (χ4v) is 1.53. The molecule has 0 fully saturated rings.